The van der Waals surface area contributed by atoms with Crippen LogP contribution >= 0.6 is 11.8 Å². The molecule has 8 rings (SSSR count). The summed E-state index contributed by atoms with van der Waals surface area (Å²) in [5, 5.41) is 2.61. The first-order chi connectivity index (χ1) is 17.7. The summed E-state index contributed by atoms with van der Waals surface area (Å²) in [6.07, 6.45) is 2.13. The number of rotatable bonds is 1. The van der Waals surface area contributed by atoms with E-state index >= 15 is 0 Å². The van der Waals surface area contributed by atoms with Crippen LogP contribution in [0, 0.1) is 6.92 Å². The molecule has 6 aromatic rings. The summed E-state index contributed by atoms with van der Waals surface area (Å²) in [7, 11) is 2.13. The molecular formula is C31H22BN2SSe+. The number of nitrogens with zero attached hydrogens (tertiary/aromatic N) is 1. The number of fused-ring (bicyclic) bond motifs is 7. The van der Waals surface area contributed by atoms with E-state index in [4.69, 9.17) is 0 Å². The van der Waals surface area contributed by atoms with E-state index in [1.54, 1.807) is 0 Å². The van der Waals surface area contributed by atoms with Gasteiger partial charge in [0.1, 0.15) is 0 Å². The quantitative estimate of drug-likeness (QED) is 0.249. The van der Waals surface area contributed by atoms with Gasteiger partial charge in [-0.3, -0.25) is 0 Å². The van der Waals surface area contributed by atoms with Crippen LogP contribution in [0.1, 0.15) is 5.56 Å². The molecule has 0 amide bonds. The number of aromatic nitrogens is 2. The first-order valence-corrected chi connectivity index (χ1v) is 14.8. The molecule has 0 unspecified atom stereocenters. The molecule has 4 aromatic carbocycles. The number of benzene rings is 4. The molecule has 2 nitrogen and oxygen atoms in total. The molecule has 4 heterocycles. The monoisotopic (exact) mass is 545 g/mol. The van der Waals surface area contributed by atoms with Gasteiger partial charge in [0, 0.05) is 6.07 Å². The predicted molar refractivity (Wildman–Crippen MR) is 154 cm³/mol. The van der Waals surface area contributed by atoms with Crippen molar-refractivity contribution in [1.82, 2.24) is 4.98 Å². The van der Waals surface area contributed by atoms with Crippen molar-refractivity contribution in [2.45, 2.75) is 16.7 Å². The van der Waals surface area contributed by atoms with Crippen LogP contribution in [0.5, 0.6) is 0 Å². The maximum atomic E-state index is 3.87. The number of aryl methyl sites for hydroxylation is 2. The predicted octanol–water partition coefficient (Wildman–Crippen LogP) is 3.07. The van der Waals surface area contributed by atoms with Crippen LogP contribution in [0.2, 0.25) is 0 Å². The molecule has 0 bridgehead atoms. The Morgan fingerprint density at radius 1 is 0.806 bits per heavy atom. The van der Waals surface area contributed by atoms with Crippen molar-refractivity contribution < 1.29 is 4.57 Å². The Labute approximate surface area is 221 Å². The van der Waals surface area contributed by atoms with Crippen molar-refractivity contribution in [3.05, 3.63) is 96.7 Å². The Bertz CT molecular complexity index is 1890. The van der Waals surface area contributed by atoms with Crippen molar-refractivity contribution in [2.24, 2.45) is 7.05 Å². The zero-order valence-corrected chi connectivity index (χ0v) is 22.5. The summed E-state index contributed by atoms with van der Waals surface area (Å²) in [4.78, 5) is 6.68. The molecule has 0 saturated carbocycles. The van der Waals surface area contributed by atoms with Gasteiger partial charge in [0.2, 0.25) is 0 Å². The molecule has 36 heavy (non-hydrogen) atoms. The summed E-state index contributed by atoms with van der Waals surface area (Å²) in [6.45, 7) is 2.52. The summed E-state index contributed by atoms with van der Waals surface area (Å²) in [6, 6.07) is 31.9. The molecule has 0 saturated heterocycles. The SMILES string of the molecule is Cc1ccc2c([nH]c3cc4c(cc32)Sc2cccc3c2B4c2ccccc2[Se]3)c1-c1cccc[n+]1C. The minimum atomic E-state index is 0.309. The third kappa shape index (κ3) is 2.85. The van der Waals surface area contributed by atoms with Gasteiger partial charge in [-0.05, 0) is 0 Å². The summed E-state index contributed by atoms with van der Waals surface area (Å²) in [5.41, 5.74) is 10.7. The molecule has 2 aliphatic heterocycles. The normalized spacial score (nSPS) is 13.6. The Kier molecular flexibility index (Phi) is 4.43. The zero-order chi connectivity index (χ0) is 24.0. The number of H-pyrrole nitrogens is 1. The van der Waals surface area contributed by atoms with E-state index in [0.29, 0.717) is 21.7 Å². The standard InChI is InChI=1S/C31H21BN2SSe/c1-18-13-14-19-20-16-26-22(17-23(20)33-31(19)29(18)24-9-5-6-15-34(24)2)32-21-8-3-4-11-27(21)36-28-12-7-10-25(35-26)30(28)32/h3-17H,1-2H3/p+1. The van der Waals surface area contributed by atoms with Crippen molar-refractivity contribution >= 4 is 80.5 Å². The second kappa shape index (κ2) is 7.63. The molecule has 1 N–H and O–H groups in total. The fourth-order valence-electron chi connectivity index (χ4n) is 6.06. The topological polar surface area (TPSA) is 19.7 Å². The molecule has 0 aliphatic carbocycles. The van der Waals surface area contributed by atoms with Gasteiger partial charge in [-0.15, -0.1) is 0 Å². The average molecular weight is 544 g/mol. The van der Waals surface area contributed by atoms with Crippen LogP contribution < -0.4 is 29.9 Å². The van der Waals surface area contributed by atoms with Crippen molar-refractivity contribution in [3.63, 3.8) is 0 Å². The summed E-state index contributed by atoms with van der Waals surface area (Å²) < 4.78 is 5.27. The molecule has 170 valence electrons. The van der Waals surface area contributed by atoms with Crippen molar-refractivity contribution in [2.75, 3.05) is 0 Å². The summed E-state index contributed by atoms with van der Waals surface area (Å²) >= 11 is 2.31. The van der Waals surface area contributed by atoms with Gasteiger partial charge in [-0.25, -0.2) is 0 Å². The molecule has 0 spiro atoms. The van der Waals surface area contributed by atoms with E-state index in [0.717, 1.165) is 0 Å². The Morgan fingerprint density at radius 2 is 1.67 bits per heavy atom. The second-order valence-electron chi connectivity index (χ2n) is 9.78. The zero-order valence-electron chi connectivity index (χ0n) is 20.0. The van der Waals surface area contributed by atoms with E-state index in [-0.39, 0.29) is 0 Å². The van der Waals surface area contributed by atoms with E-state index < -0.39 is 0 Å². The van der Waals surface area contributed by atoms with Gasteiger partial charge in [0.25, 0.3) is 0 Å². The van der Waals surface area contributed by atoms with Gasteiger partial charge in [-0.1, -0.05) is 0 Å². The molecular weight excluding hydrogens is 522 g/mol. The van der Waals surface area contributed by atoms with Crippen LogP contribution in [0.15, 0.2) is 101 Å². The van der Waals surface area contributed by atoms with Crippen molar-refractivity contribution in [3.8, 4) is 11.3 Å². The Balaban J connectivity index is 1.43. The van der Waals surface area contributed by atoms with Gasteiger partial charge in [0.05, 0.1) is 0 Å². The second-order valence-corrected chi connectivity index (χ2v) is 13.1. The van der Waals surface area contributed by atoms with E-state index in [9.17, 15) is 0 Å². The molecule has 5 heteroatoms. The first-order valence-electron chi connectivity index (χ1n) is 12.3. The van der Waals surface area contributed by atoms with Gasteiger partial charge < -0.3 is 0 Å². The number of hydrogen-bond acceptors (Lipinski definition) is 1. The molecule has 2 aliphatic rings. The van der Waals surface area contributed by atoms with Crippen LogP contribution in [0.4, 0.5) is 0 Å². The van der Waals surface area contributed by atoms with E-state index in [1.807, 2.05) is 11.8 Å². The van der Waals surface area contributed by atoms with Gasteiger partial charge >= 0.3 is 216 Å². The van der Waals surface area contributed by atoms with E-state index in [1.165, 1.54) is 73.7 Å². The number of pyridine rings is 1. The molecule has 2 aromatic heterocycles. The minimum absolute atomic E-state index is 0.309. The van der Waals surface area contributed by atoms with Gasteiger partial charge in [-0.2, -0.15) is 0 Å². The number of nitrogens with one attached hydrogen (secondary N) is 1. The Morgan fingerprint density at radius 3 is 2.58 bits per heavy atom. The molecule has 0 atom stereocenters. The molecule has 0 fully saturated rings. The average Bonchev–Trinajstić information content (AvgIpc) is 3.25. The number of hydrogen-bond donors (Lipinski definition) is 1. The maximum absolute atomic E-state index is 3.87. The number of aromatic amines is 1. The van der Waals surface area contributed by atoms with Crippen LogP contribution in [0.3, 0.4) is 0 Å². The third-order valence-corrected chi connectivity index (χ3v) is 11.3. The molecule has 0 radical (unpaired) electrons. The van der Waals surface area contributed by atoms with Crippen LogP contribution in [-0.4, -0.2) is 26.7 Å². The first kappa shape index (κ1) is 20.9. The fourth-order valence-corrected chi connectivity index (χ4v) is 9.86. The van der Waals surface area contributed by atoms with Crippen LogP contribution in [-0.2, 0) is 7.05 Å². The summed E-state index contributed by atoms with van der Waals surface area (Å²) in [5.74, 6) is 0. The van der Waals surface area contributed by atoms with Crippen LogP contribution in [0.25, 0.3) is 33.1 Å². The van der Waals surface area contributed by atoms with Gasteiger partial charge in [0.15, 0.2) is 0 Å². The van der Waals surface area contributed by atoms with E-state index in [2.05, 4.69) is 115 Å². The Hall–Kier alpha value is -3.24. The third-order valence-electron chi connectivity index (χ3n) is 7.72. The fraction of sp³-hybridized carbons (Fsp3) is 0.0645. The van der Waals surface area contributed by atoms with Crippen molar-refractivity contribution in [1.29, 1.82) is 0 Å².